The third-order valence-electron chi connectivity index (χ3n) is 2.60. The van der Waals surface area contributed by atoms with Crippen LogP contribution in [0.25, 0.3) is 10.9 Å². The van der Waals surface area contributed by atoms with Crippen molar-refractivity contribution in [1.29, 1.82) is 0 Å². The van der Waals surface area contributed by atoms with Crippen LogP contribution in [0.2, 0.25) is 0 Å². The standard InChI is InChI=1S/C13H15N3O/c1-9(8-14)16-13(17)11-4-5-12-10(7-11)3-2-6-15-12/h2-7,9H,8,14H2,1H3,(H,16,17). The van der Waals surface area contributed by atoms with Crippen LogP contribution in [0.4, 0.5) is 0 Å². The Balaban J connectivity index is 2.27. The highest BCUT2D eigenvalue weighted by Crippen LogP contribution is 2.13. The number of hydrogen-bond acceptors (Lipinski definition) is 3. The zero-order valence-corrected chi connectivity index (χ0v) is 9.68. The van der Waals surface area contributed by atoms with Gasteiger partial charge in [0.1, 0.15) is 0 Å². The molecule has 0 saturated carbocycles. The van der Waals surface area contributed by atoms with Crippen LogP contribution in [-0.4, -0.2) is 23.5 Å². The van der Waals surface area contributed by atoms with Crippen LogP contribution in [-0.2, 0) is 0 Å². The van der Waals surface area contributed by atoms with Gasteiger partial charge in [0.05, 0.1) is 5.52 Å². The predicted octanol–water partition coefficient (Wildman–Crippen LogP) is 1.31. The van der Waals surface area contributed by atoms with E-state index in [4.69, 9.17) is 5.73 Å². The minimum atomic E-state index is -0.103. The van der Waals surface area contributed by atoms with E-state index in [1.807, 2.05) is 31.2 Å². The molecule has 1 aromatic heterocycles. The summed E-state index contributed by atoms with van der Waals surface area (Å²) in [6.07, 6.45) is 1.73. The molecule has 3 N–H and O–H groups in total. The van der Waals surface area contributed by atoms with Gasteiger partial charge in [0, 0.05) is 29.7 Å². The highest BCUT2D eigenvalue weighted by molar-refractivity contribution is 5.98. The zero-order valence-electron chi connectivity index (χ0n) is 9.68. The number of amides is 1. The summed E-state index contributed by atoms with van der Waals surface area (Å²) in [7, 11) is 0. The molecule has 1 aromatic carbocycles. The number of nitrogens with two attached hydrogens (primary N) is 1. The van der Waals surface area contributed by atoms with Gasteiger partial charge in [-0.05, 0) is 31.2 Å². The first-order valence-corrected chi connectivity index (χ1v) is 5.56. The SMILES string of the molecule is CC(CN)NC(=O)c1ccc2ncccc2c1. The fourth-order valence-electron chi connectivity index (χ4n) is 1.58. The fourth-order valence-corrected chi connectivity index (χ4v) is 1.58. The third-order valence-corrected chi connectivity index (χ3v) is 2.60. The molecule has 0 bridgehead atoms. The lowest BCUT2D eigenvalue weighted by atomic mass is 10.1. The molecule has 4 heteroatoms. The summed E-state index contributed by atoms with van der Waals surface area (Å²) in [6.45, 7) is 2.31. The van der Waals surface area contributed by atoms with E-state index in [9.17, 15) is 4.79 Å². The molecule has 17 heavy (non-hydrogen) atoms. The number of nitrogens with one attached hydrogen (secondary N) is 1. The van der Waals surface area contributed by atoms with Crippen molar-refractivity contribution in [2.45, 2.75) is 13.0 Å². The van der Waals surface area contributed by atoms with Crippen LogP contribution >= 0.6 is 0 Å². The molecule has 88 valence electrons. The summed E-state index contributed by atoms with van der Waals surface area (Å²) in [6, 6.07) is 9.22. The Morgan fingerprint density at radius 2 is 2.29 bits per heavy atom. The molecular formula is C13H15N3O. The van der Waals surface area contributed by atoms with Crippen molar-refractivity contribution in [3.63, 3.8) is 0 Å². The molecule has 0 radical (unpaired) electrons. The maximum atomic E-state index is 11.9. The number of benzene rings is 1. The minimum absolute atomic E-state index is 0.0212. The van der Waals surface area contributed by atoms with E-state index >= 15 is 0 Å². The van der Waals surface area contributed by atoms with E-state index in [2.05, 4.69) is 10.3 Å². The fraction of sp³-hybridized carbons (Fsp3) is 0.231. The molecule has 2 aromatic rings. The molecule has 0 aliphatic rings. The highest BCUT2D eigenvalue weighted by Gasteiger charge is 2.08. The first-order valence-electron chi connectivity index (χ1n) is 5.56. The molecule has 4 nitrogen and oxygen atoms in total. The van der Waals surface area contributed by atoms with Crippen LogP contribution < -0.4 is 11.1 Å². The van der Waals surface area contributed by atoms with Gasteiger partial charge in [-0.3, -0.25) is 9.78 Å². The van der Waals surface area contributed by atoms with Gasteiger partial charge >= 0.3 is 0 Å². The molecule has 0 aliphatic heterocycles. The van der Waals surface area contributed by atoms with Crippen molar-refractivity contribution < 1.29 is 4.79 Å². The van der Waals surface area contributed by atoms with Gasteiger partial charge in [-0.15, -0.1) is 0 Å². The van der Waals surface area contributed by atoms with Gasteiger partial charge < -0.3 is 11.1 Å². The van der Waals surface area contributed by atoms with Gasteiger partial charge in [0.2, 0.25) is 0 Å². The average molecular weight is 229 g/mol. The second kappa shape index (κ2) is 4.93. The lowest BCUT2D eigenvalue weighted by molar-refractivity contribution is 0.0941. The minimum Gasteiger partial charge on any atom is -0.348 e. The predicted molar refractivity (Wildman–Crippen MR) is 67.7 cm³/mol. The van der Waals surface area contributed by atoms with Crippen molar-refractivity contribution in [2.24, 2.45) is 5.73 Å². The summed E-state index contributed by atoms with van der Waals surface area (Å²) in [5.41, 5.74) is 6.98. The van der Waals surface area contributed by atoms with E-state index in [-0.39, 0.29) is 11.9 Å². The van der Waals surface area contributed by atoms with Crippen LogP contribution in [0.5, 0.6) is 0 Å². The number of carbonyl (C=O) groups excluding carboxylic acids is 1. The topological polar surface area (TPSA) is 68.0 Å². The number of rotatable bonds is 3. The molecule has 1 heterocycles. The number of fused-ring (bicyclic) bond motifs is 1. The normalized spacial score (nSPS) is 12.4. The molecule has 1 atom stereocenters. The maximum absolute atomic E-state index is 11.9. The number of aromatic nitrogens is 1. The van der Waals surface area contributed by atoms with Crippen LogP contribution in [0, 0.1) is 0 Å². The van der Waals surface area contributed by atoms with Crippen molar-refractivity contribution in [2.75, 3.05) is 6.54 Å². The summed E-state index contributed by atoms with van der Waals surface area (Å²) < 4.78 is 0. The second-order valence-corrected chi connectivity index (χ2v) is 4.02. The van der Waals surface area contributed by atoms with E-state index in [0.29, 0.717) is 12.1 Å². The number of hydrogen-bond donors (Lipinski definition) is 2. The average Bonchev–Trinajstić information content (AvgIpc) is 2.38. The third kappa shape index (κ3) is 2.60. The highest BCUT2D eigenvalue weighted by atomic mass is 16.1. The van der Waals surface area contributed by atoms with Gasteiger partial charge in [-0.25, -0.2) is 0 Å². The molecule has 0 aliphatic carbocycles. The van der Waals surface area contributed by atoms with Gasteiger partial charge in [0.15, 0.2) is 0 Å². The maximum Gasteiger partial charge on any atom is 0.251 e. The smallest absolute Gasteiger partial charge is 0.251 e. The largest absolute Gasteiger partial charge is 0.348 e. The Hall–Kier alpha value is -1.94. The molecule has 0 saturated heterocycles. The zero-order chi connectivity index (χ0) is 12.3. The van der Waals surface area contributed by atoms with Gasteiger partial charge in [-0.1, -0.05) is 6.07 Å². The molecule has 0 spiro atoms. The molecule has 0 fully saturated rings. The van der Waals surface area contributed by atoms with Gasteiger partial charge in [-0.2, -0.15) is 0 Å². The first kappa shape index (κ1) is 11.5. The molecule has 2 rings (SSSR count). The van der Waals surface area contributed by atoms with Crippen LogP contribution in [0.3, 0.4) is 0 Å². The molecule has 1 unspecified atom stereocenters. The van der Waals surface area contributed by atoms with Gasteiger partial charge in [0.25, 0.3) is 5.91 Å². The summed E-state index contributed by atoms with van der Waals surface area (Å²) >= 11 is 0. The summed E-state index contributed by atoms with van der Waals surface area (Å²) in [5.74, 6) is -0.103. The number of carbonyl (C=O) groups is 1. The Labute approximate surface area is 99.8 Å². The van der Waals surface area contributed by atoms with Crippen LogP contribution in [0.15, 0.2) is 36.5 Å². The Morgan fingerprint density at radius 1 is 1.47 bits per heavy atom. The number of pyridine rings is 1. The Morgan fingerprint density at radius 3 is 3.06 bits per heavy atom. The van der Waals surface area contributed by atoms with E-state index < -0.39 is 0 Å². The molecule has 1 amide bonds. The van der Waals surface area contributed by atoms with E-state index in [1.54, 1.807) is 12.3 Å². The van der Waals surface area contributed by atoms with E-state index in [1.165, 1.54) is 0 Å². The quantitative estimate of drug-likeness (QED) is 0.833. The lowest BCUT2D eigenvalue weighted by Gasteiger charge is -2.11. The summed E-state index contributed by atoms with van der Waals surface area (Å²) in [5, 5.41) is 3.79. The lowest BCUT2D eigenvalue weighted by Crippen LogP contribution is -2.37. The van der Waals surface area contributed by atoms with Crippen LogP contribution in [0.1, 0.15) is 17.3 Å². The monoisotopic (exact) mass is 229 g/mol. The van der Waals surface area contributed by atoms with Crippen molar-refractivity contribution >= 4 is 16.8 Å². The van der Waals surface area contributed by atoms with Crippen molar-refractivity contribution in [1.82, 2.24) is 10.3 Å². The summed E-state index contributed by atoms with van der Waals surface area (Å²) in [4.78, 5) is 16.1. The second-order valence-electron chi connectivity index (χ2n) is 4.02. The Bertz CT molecular complexity index is 539. The molecular weight excluding hydrogens is 214 g/mol. The Kier molecular flexibility index (Phi) is 3.35. The van der Waals surface area contributed by atoms with E-state index in [0.717, 1.165) is 10.9 Å². The van der Waals surface area contributed by atoms with Crippen molar-refractivity contribution in [3.8, 4) is 0 Å². The van der Waals surface area contributed by atoms with Crippen molar-refractivity contribution in [3.05, 3.63) is 42.1 Å². The first-order chi connectivity index (χ1) is 8.20. The number of nitrogens with zero attached hydrogens (tertiary/aromatic N) is 1.